The standard InChI is InChI=1S/C15H15IO2/c1-2-15(17-9-10-18-15)13-8-7-11-5-3-4-6-12(11)14(13)16/h3-8H,2,9-10H2,1H3. The number of hydrogen-bond donors (Lipinski definition) is 0. The van der Waals surface area contributed by atoms with E-state index in [0.29, 0.717) is 13.2 Å². The molecule has 3 heteroatoms. The summed E-state index contributed by atoms with van der Waals surface area (Å²) in [5, 5.41) is 2.53. The first kappa shape index (κ1) is 12.4. The van der Waals surface area contributed by atoms with E-state index in [-0.39, 0.29) is 0 Å². The van der Waals surface area contributed by atoms with E-state index in [4.69, 9.17) is 9.47 Å². The highest BCUT2D eigenvalue weighted by atomic mass is 127. The molecule has 2 aromatic carbocycles. The fourth-order valence-corrected chi connectivity index (χ4v) is 3.61. The van der Waals surface area contributed by atoms with Crippen LogP contribution in [0.2, 0.25) is 0 Å². The quantitative estimate of drug-likeness (QED) is 0.758. The van der Waals surface area contributed by atoms with Crippen LogP contribution < -0.4 is 0 Å². The maximum absolute atomic E-state index is 5.88. The molecule has 1 aliphatic rings. The molecule has 0 spiro atoms. The molecule has 0 unspecified atom stereocenters. The molecule has 0 aliphatic carbocycles. The molecule has 0 atom stereocenters. The van der Waals surface area contributed by atoms with Crippen LogP contribution in [0.25, 0.3) is 10.8 Å². The Bertz CT molecular complexity index is 574. The summed E-state index contributed by atoms with van der Waals surface area (Å²) < 4.78 is 13.0. The van der Waals surface area contributed by atoms with E-state index in [0.717, 1.165) is 12.0 Å². The molecule has 3 rings (SSSR count). The minimum atomic E-state index is -0.541. The van der Waals surface area contributed by atoms with Crippen molar-refractivity contribution in [2.75, 3.05) is 13.2 Å². The molecule has 2 nitrogen and oxygen atoms in total. The predicted molar refractivity (Wildman–Crippen MR) is 80.5 cm³/mol. The average Bonchev–Trinajstić information content (AvgIpc) is 2.89. The molecule has 1 aliphatic heterocycles. The van der Waals surface area contributed by atoms with Gasteiger partial charge in [-0.05, 0) is 33.4 Å². The van der Waals surface area contributed by atoms with Crippen LogP contribution in [-0.4, -0.2) is 13.2 Å². The smallest absolute Gasteiger partial charge is 0.195 e. The van der Waals surface area contributed by atoms with Crippen molar-refractivity contribution in [3.05, 3.63) is 45.5 Å². The van der Waals surface area contributed by atoms with Crippen LogP contribution in [0.4, 0.5) is 0 Å². The predicted octanol–water partition coefficient (Wildman–Crippen LogP) is 4.05. The molecular weight excluding hydrogens is 339 g/mol. The Hall–Kier alpha value is -0.650. The third-order valence-corrected chi connectivity index (χ3v) is 4.66. The van der Waals surface area contributed by atoms with Crippen molar-refractivity contribution < 1.29 is 9.47 Å². The number of benzene rings is 2. The van der Waals surface area contributed by atoms with Crippen molar-refractivity contribution in [3.8, 4) is 0 Å². The topological polar surface area (TPSA) is 18.5 Å². The zero-order chi connectivity index (χ0) is 12.6. The lowest BCUT2D eigenvalue weighted by Crippen LogP contribution is -2.27. The van der Waals surface area contributed by atoms with Gasteiger partial charge in [0.15, 0.2) is 5.79 Å². The fraction of sp³-hybridized carbons (Fsp3) is 0.333. The Kier molecular flexibility index (Phi) is 3.30. The number of fused-ring (bicyclic) bond motifs is 1. The van der Waals surface area contributed by atoms with E-state index in [9.17, 15) is 0 Å². The van der Waals surface area contributed by atoms with E-state index in [1.807, 2.05) is 0 Å². The van der Waals surface area contributed by atoms with Crippen molar-refractivity contribution in [3.63, 3.8) is 0 Å². The van der Waals surface area contributed by atoms with Crippen molar-refractivity contribution in [1.29, 1.82) is 0 Å². The van der Waals surface area contributed by atoms with Gasteiger partial charge in [0.1, 0.15) is 0 Å². The van der Waals surface area contributed by atoms with Gasteiger partial charge in [0.25, 0.3) is 0 Å². The Balaban J connectivity index is 2.20. The van der Waals surface area contributed by atoms with E-state index >= 15 is 0 Å². The molecule has 18 heavy (non-hydrogen) atoms. The third-order valence-electron chi connectivity index (χ3n) is 3.49. The summed E-state index contributed by atoms with van der Waals surface area (Å²) in [6.45, 7) is 3.46. The number of ether oxygens (including phenoxy) is 2. The first-order valence-corrected chi connectivity index (χ1v) is 7.30. The second-order valence-electron chi connectivity index (χ2n) is 4.45. The molecule has 0 bridgehead atoms. The maximum atomic E-state index is 5.88. The van der Waals surface area contributed by atoms with Crippen LogP contribution >= 0.6 is 22.6 Å². The zero-order valence-electron chi connectivity index (χ0n) is 10.3. The van der Waals surface area contributed by atoms with Gasteiger partial charge in [-0.2, -0.15) is 0 Å². The van der Waals surface area contributed by atoms with Gasteiger partial charge in [0.2, 0.25) is 0 Å². The molecule has 1 heterocycles. The second-order valence-corrected chi connectivity index (χ2v) is 5.53. The SMILES string of the molecule is CCC1(c2ccc3ccccc3c2I)OCCO1. The van der Waals surface area contributed by atoms with Crippen LogP contribution in [0.3, 0.4) is 0 Å². The summed E-state index contributed by atoms with van der Waals surface area (Å²) in [6, 6.07) is 12.7. The number of halogens is 1. The van der Waals surface area contributed by atoms with Gasteiger partial charge < -0.3 is 9.47 Å². The van der Waals surface area contributed by atoms with Crippen molar-refractivity contribution in [1.82, 2.24) is 0 Å². The summed E-state index contributed by atoms with van der Waals surface area (Å²) in [5.74, 6) is -0.541. The van der Waals surface area contributed by atoms with Crippen molar-refractivity contribution in [2.24, 2.45) is 0 Å². The normalized spacial score (nSPS) is 18.3. The lowest BCUT2D eigenvalue weighted by Gasteiger charge is -2.28. The van der Waals surface area contributed by atoms with Crippen molar-refractivity contribution >= 4 is 33.4 Å². The summed E-state index contributed by atoms with van der Waals surface area (Å²) >= 11 is 2.40. The van der Waals surface area contributed by atoms with Crippen LogP contribution in [0, 0.1) is 3.57 Å². The minimum Gasteiger partial charge on any atom is -0.343 e. The molecular formula is C15H15IO2. The van der Waals surface area contributed by atoms with Gasteiger partial charge in [0, 0.05) is 15.6 Å². The summed E-state index contributed by atoms with van der Waals surface area (Å²) in [6.07, 6.45) is 0.835. The van der Waals surface area contributed by atoms with Gasteiger partial charge >= 0.3 is 0 Å². The van der Waals surface area contributed by atoms with Crippen molar-refractivity contribution in [2.45, 2.75) is 19.1 Å². The molecule has 0 saturated carbocycles. The number of rotatable bonds is 2. The highest BCUT2D eigenvalue weighted by Gasteiger charge is 2.38. The third kappa shape index (κ3) is 1.85. The Morgan fingerprint density at radius 3 is 2.56 bits per heavy atom. The van der Waals surface area contributed by atoms with Crippen LogP contribution in [0.1, 0.15) is 18.9 Å². The molecule has 1 fully saturated rings. The monoisotopic (exact) mass is 354 g/mol. The minimum absolute atomic E-state index is 0.541. The van der Waals surface area contributed by atoms with Gasteiger partial charge in [-0.3, -0.25) is 0 Å². The molecule has 0 aromatic heterocycles. The van der Waals surface area contributed by atoms with Gasteiger partial charge in [-0.25, -0.2) is 0 Å². The summed E-state index contributed by atoms with van der Waals surface area (Å²) in [5.41, 5.74) is 1.15. The first-order valence-electron chi connectivity index (χ1n) is 6.22. The molecule has 2 aromatic rings. The largest absolute Gasteiger partial charge is 0.343 e. The van der Waals surface area contributed by atoms with E-state index in [1.165, 1.54) is 14.3 Å². The van der Waals surface area contributed by atoms with E-state index in [1.54, 1.807) is 0 Å². The van der Waals surface area contributed by atoms with Crippen LogP contribution in [-0.2, 0) is 15.3 Å². The first-order chi connectivity index (χ1) is 8.77. The highest BCUT2D eigenvalue weighted by Crippen LogP contribution is 2.39. The lowest BCUT2D eigenvalue weighted by atomic mass is 9.99. The average molecular weight is 354 g/mol. The summed E-state index contributed by atoms with van der Waals surface area (Å²) in [4.78, 5) is 0. The Labute approximate surface area is 120 Å². The van der Waals surface area contributed by atoms with Gasteiger partial charge in [0.05, 0.1) is 13.2 Å². The lowest BCUT2D eigenvalue weighted by molar-refractivity contribution is -0.168. The molecule has 0 radical (unpaired) electrons. The molecule has 0 amide bonds. The Morgan fingerprint density at radius 1 is 1.11 bits per heavy atom. The van der Waals surface area contributed by atoms with Gasteiger partial charge in [-0.15, -0.1) is 0 Å². The van der Waals surface area contributed by atoms with E-state index < -0.39 is 5.79 Å². The highest BCUT2D eigenvalue weighted by molar-refractivity contribution is 14.1. The van der Waals surface area contributed by atoms with E-state index in [2.05, 4.69) is 65.9 Å². The molecule has 0 N–H and O–H groups in total. The van der Waals surface area contributed by atoms with Gasteiger partial charge in [-0.1, -0.05) is 43.3 Å². The molecule has 1 saturated heterocycles. The maximum Gasteiger partial charge on any atom is 0.195 e. The fourth-order valence-electron chi connectivity index (χ4n) is 2.53. The summed E-state index contributed by atoms with van der Waals surface area (Å²) in [7, 11) is 0. The zero-order valence-corrected chi connectivity index (χ0v) is 12.4. The number of hydrogen-bond acceptors (Lipinski definition) is 2. The van der Waals surface area contributed by atoms with Crippen LogP contribution in [0.5, 0.6) is 0 Å². The Morgan fingerprint density at radius 2 is 1.83 bits per heavy atom. The molecule has 94 valence electrons. The second kappa shape index (κ2) is 4.79. The van der Waals surface area contributed by atoms with Crippen LogP contribution in [0.15, 0.2) is 36.4 Å².